The van der Waals surface area contributed by atoms with Gasteiger partial charge in [0, 0.05) is 33.4 Å². The van der Waals surface area contributed by atoms with Gasteiger partial charge >= 0.3 is 0 Å². The van der Waals surface area contributed by atoms with E-state index in [0.717, 1.165) is 0 Å². The van der Waals surface area contributed by atoms with E-state index in [2.05, 4.69) is 31.2 Å². The predicted octanol–water partition coefficient (Wildman–Crippen LogP) is 0.683. The third kappa shape index (κ3) is 5.05. The lowest BCUT2D eigenvalue weighted by Crippen LogP contribution is -2.29. The molecule has 3 amide bonds. The fourth-order valence-electron chi connectivity index (χ4n) is 3.33. The lowest BCUT2D eigenvalue weighted by Gasteiger charge is -2.09. The SMILES string of the molecule is NNC(=O)c1ccc(-c2nc(-c3ccc(C(=O)NN)cc3)nc(-c3ccc(C(=O)NN)cc3)n2)cc1. The van der Waals surface area contributed by atoms with Crippen LogP contribution in [0.5, 0.6) is 0 Å². The number of aromatic nitrogens is 3. The largest absolute Gasteiger partial charge is 0.290 e. The molecular weight excluding hydrogens is 462 g/mol. The molecule has 0 unspecified atom stereocenters. The van der Waals surface area contributed by atoms with Crippen LogP contribution < -0.4 is 33.8 Å². The summed E-state index contributed by atoms with van der Waals surface area (Å²) in [6.45, 7) is 0. The minimum Gasteiger partial charge on any atom is -0.290 e. The van der Waals surface area contributed by atoms with Crippen LogP contribution in [0.15, 0.2) is 72.8 Å². The van der Waals surface area contributed by atoms with Crippen LogP contribution in [0.25, 0.3) is 34.2 Å². The third-order valence-electron chi connectivity index (χ3n) is 5.24. The van der Waals surface area contributed by atoms with E-state index in [1.165, 1.54) is 0 Å². The van der Waals surface area contributed by atoms with Crippen molar-refractivity contribution in [1.29, 1.82) is 0 Å². The lowest BCUT2D eigenvalue weighted by molar-refractivity contribution is 0.0945. The van der Waals surface area contributed by atoms with E-state index in [4.69, 9.17) is 17.5 Å². The lowest BCUT2D eigenvalue weighted by atomic mass is 10.1. The molecule has 12 nitrogen and oxygen atoms in total. The molecule has 9 N–H and O–H groups in total. The van der Waals surface area contributed by atoms with Crippen molar-refractivity contribution >= 4 is 17.7 Å². The van der Waals surface area contributed by atoms with Crippen LogP contribution in [0.1, 0.15) is 31.1 Å². The van der Waals surface area contributed by atoms with Gasteiger partial charge in [0.25, 0.3) is 17.7 Å². The molecule has 3 aromatic carbocycles. The van der Waals surface area contributed by atoms with Gasteiger partial charge in [-0.2, -0.15) is 0 Å². The van der Waals surface area contributed by atoms with Crippen molar-refractivity contribution in [2.24, 2.45) is 17.5 Å². The first-order valence-corrected chi connectivity index (χ1v) is 10.5. The minimum atomic E-state index is -0.429. The van der Waals surface area contributed by atoms with Crippen LogP contribution in [0.2, 0.25) is 0 Å². The maximum atomic E-state index is 11.8. The summed E-state index contributed by atoms with van der Waals surface area (Å²) in [4.78, 5) is 49.1. The number of carbonyl (C=O) groups is 3. The first kappa shape index (κ1) is 24.1. The second-order valence-electron chi connectivity index (χ2n) is 7.46. The monoisotopic (exact) mass is 483 g/mol. The molecule has 0 saturated carbocycles. The number of hydrogen-bond donors (Lipinski definition) is 6. The van der Waals surface area contributed by atoms with E-state index in [9.17, 15) is 14.4 Å². The zero-order valence-corrected chi connectivity index (χ0v) is 18.7. The summed E-state index contributed by atoms with van der Waals surface area (Å²) in [5.74, 6) is 15.4. The zero-order valence-electron chi connectivity index (χ0n) is 18.7. The van der Waals surface area contributed by atoms with Gasteiger partial charge in [-0.1, -0.05) is 36.4 Å². The van der Waals surface area contributed by atoms with Crippen molar-refractivity contribution in [2.75, 3.05) is 0 Å². The third-order valence-corrected chi connectivity index (χ3v) is 5.24. The molecule has 12 heteroatoms. The number of carbonyl (C=O) groups excluding carboxylic acids is 3. The highest BCUT2D eigenvalue weighted by Gasteiger charge is 2.14. The molecule has 4 aromatic rings. The summed E-state index contributed by atoms with van der Waals surface area (Å²) >= 11 is 0. The molecule has 1 aromatic heterocycles. The molecule has 36 heavy (non-hydrogen) atoms. The van der Waals surface area contributed by atoms with E-state index in [-0.39, 0.29) is 0 Å². The maximum absolute atomic E-state index is 11.8. The van der Waals surface area contributed by atoms with Crippen LogP contribution in [0.4, 0.5) is 0 Å². The Morgan fingerprint density at radius 1 is 0.444 bits per heavy atom. The molecule has 0 aliphatic rings. The molecule has 0 spiro atoms. The second-order valence-corrected chi connectivity index (χ2v) is 7.46. The fourth-order valence-corrected chi connectivity index (χ4v) is 3.33. The average molecular weight is 483 g/mol. The van der Waals surface area contributed by atoms with Crippen molar-refractivity contribution in [3.63, 3.8) is 0 Å². The van der Waals surface area contributed by atoms with Crippen molar-refractivity contribution in [2.45, 2.75) is 0 Å². The Hall–Kier alpha value is -5.04. The number of nitrogens with two attached hydrogens (primary N) is 3. The topological polar surface area (TPSA) is 204 Å². The van der Waals surface area contributed by atoms with E-state index >= 15 is 0 Å². The van der Waals surface area contributed by atoms with Gasteiger partial charge in [0.05, 0.1) is 0 Å². The summed E-state index contributed by atoms with van der Waals surface area (Å²) in [6, 6.07) is 19.7. The highest BCUT2D eigenvalue weighted by molar-refractivity contribution is 5.95. The van der Waals surface area contributed by atoms with Gasteiger partial charge < -0.3 is 0 Å². The molecule has 0 aliphatic heterocycles. The van der Waals surface area contributed by atoms with Crippen molar-refractivity contribution in [3.8, 4) is 34.2 Å². The molecular formula is C24H21N9O3. The smallest absolute Gasteiger partial charge is 0.265 e. The van der Waals surface area contributed by atoms with Gasteiger partial charge in [-0.05, 0) is 36.4 Å². The number of hydrogen-bond acceptors (Lipinski definition) is 9. The molecule has 4 rings (SSSR count). The summed E-state index contributed by atoms with van der Waals surface area (Å²) in [7, 11) is 0. The molecule has 180 valence electrons. The highest BCUT2D eigenvalue weighted by atomic mass is 16.2. The van der Waals surface area contributed by atoms with Crippen LogP contribution in [0, 0.1) is 0 Å². The van der Waals surface area contributed by atoms with E-state index < -0.39 is 17.7 Å². The normalized spacial score (nSPS) is 10.4. The van der Waals surface area contributed by atoms with Crippen LogP contribution in [0.3, 0.4) is 0 Å². The number of rotatable bonds is 6. The summed E-state index contributed by atoms with van der Waals surface area (Å²) in [6.07, 6.45) is 0. The Kier molecular flexibility index (Phi) is 7.02. The Labute approximate surface area is 204 Å². The Morgan fingerprint density at radius 2 is 0.667 bits per heavy atom. The van der Waals surface area contributed by atoms with Gasteiger partial charge in [-0.25, -0.2) is 32.5 Å². The van der Waals surface area contributed by atoms with Gasteiger partial charge in [0.1, 0.15) is 0 Å². The highest BCUT2D eigenvalue weighted by Crippen LogP contribution is 2.25. The molecule has 0 saturated heterocycles. The van der Waals surface area contributed by atoms with Gasteiger partial charge in [-0.3, -0.25) is 30.7 Å². The quantitative estimate of drug-likeness (QED) is 0.129. The molecule has 0 atom stereocenters. The second kappa shape index (κ2) is 10.5. The molecule has 0 aliphatic carbocycles. The standard InChI is InChI=1S/C24H21N9O3/c25-31-22(34)16-7-1-13(2-8-16)19-28-20(14-3-9-17(10-4-14)23(35)32-26)30-21(29-19)15-5-11-18(12-6-15)24(36)33-27/h1-12H,25-27H2,(H,31,34)(H,32,35)(H,33,36). The number of nitrogens with zero attached hydrogens (tertiary/aromatic N) is 3. The van der Waals surface area contributed by atoms with Gasteiger partial charge in [0.15, 0.2) is 17.5 Å². The first-order chi connectivity index (χ1) is 17.4. The summed E-state index contributed by atoms with van der Waals surface area (Å²) in [5, 5.41) is 0. The predicted molar refractivity (Wildman–Crippen MR) is 131 cm³/mol. The van der Waals surface area contributed by atoms with Gasteiger partial charge in [-0.15, -0.1) is 0 Å². The zero-order chi connectivity index (χ0) is 25.7. The fraction of sp³-hybridized carbons (Fsp3) is 0. The molecule has 0 bridgehead atoms. The molecule has 0 radical (unpaired) electrons. The summed E-state index contributed by atoms with van der Waals surface area (Å²) < 4.78 is 0. The minimum absolute atomic E-state index is 0.349. The van der Waals surface area contributed by atoms with Gasteiger partial charge in [0.2, 0.25) is 0 Å². The van der Waals surface area contributed by atoms with Crippen molar-refractivity contribution < 1.29 is 14.4 Å². The average Bonchev–Trinajstić information content (AvgIpc) is 2.95. The van der Waals surface area contributed by atoms with Crippen LogP contribution >= 0.6 is 0 Å². The van der Waals surface area contributed by atoms with E-state index in [1.54, 1.807) is 72.8 Å². The van der Waals surface area contributed by atoms with Crippen LogP contribution in [-0.4, -0.2) is 32.7 Å². The molecule has 1 heterocycles. The Morgan fingerprint density at radius 3 is 0.861 bits per heavy atom. The number of nitrogen functional groups attached to an aromatic ring is 3. The van der Waals surface area contributed by atoms with E-state index in [1.807, 2.05) is 0 Å². The Bertz CT molecular complexity index is 1230. The maximum Gasteiger partial charge on any atom is 0.265 e. The van der Waals surface area contributed by atoms with Crippen molar-refractivity contribution in [1.82, 2.24) is 31.2 Å². The number of amides is 3. The number of hydrazine groups is 3. The first-order valence-electron chi connectivity index (χ1n) is 10.5. The van der Waals surface area contributed by atoms with Crippen LogP contribution in [-0.2, 0) is 0 Å². The van der Waals surface area contributed by atoms with E-state index in [0.29, 0.717) is 50.9 Å². The molecule has 0 fully saturated rings. The van der Waals surface area contributed by atoms with Crippen molar-refractivity contribution in [3.05, 3.63) is 89.5 Å². The summed E-state index contributed by atoms with van der Waals surface area (Å²) in [5.41, 5.74) is 9.26. The number of nitrogens with one attached hydrogen (secondary N) is 3. The number of benzene rings is 3. The Balaban J connectivity index is 1.80.